The molecule has 1 atom stereocenters. The van der Waals surface area contributed by atoms with Crippen LogP contribution in [0.2, 0.25) is 0 Å². The molecule has 4 rings (SSSR count). The lowest BCUT2D eigenvalue weighted by molar-refractivity contribution is -0.122. The van der Waals surface area contributed by atoms with E-state index in [0.29, 0.717) is 26.2 Å². The van der Waals surface area contributed by atoms with E-state index in [4.69, 9.17) is 0 Å². The fraction of sp³-hybridized carbons (Fsp3) is 0.429. The summed E-state index contributed by atoms with van der Waals surface area (Å²) in [5, 5.41) is 3.03. The van der Waals surface area contributed by atoms with Crippen LogP contribution in [0.1, 0.15) is 34.5 Å². The van der Waals surface area contributed by atoms with Crippen molar-refractivity contribution in [2.75, 3.05) is 26.2 Å². The average Bonchev–Trinajstić information content (AvgIpc) is 3.15. The molecular weight excluding hydrogens is 370 g/mol. The molecule has 0 spiro atoms. The topological polar surface area (TPSA) is 98.4 Å². The molecule has 1 aromatic carbocycles. The number of benzene rings is 1. The summed E-state index contributed by atoms with van der Waals surface area (Å²) in [6.07, 6.45) is 4.32. The van der Waals surface area contributed by atoms with Gasteiger partial charge in [0, 0.05) is 38.9 Å². The highest BCUT2D eigenvalue weighted by Gasteiger charge is 2.26. The number of aromatic nitrogens is 2. The van der Waals surface area contributed by atoms with Crippen molar-refractivity contribution < 1.29 is 9.59 Å². The van der Waals surface area contributed by atoms with E-state index in [1.807, 2.05) is 12.1 Å². The summed E-state index contributed by atoms with van der Waals surface area (Å²) in [5.41, 5.74) is 2.49. The first-order chi connectivity index (χ1) is 14.1. The maximum atomic E-state index is 12.6. The maximum Gasteiger partial charge on any atom is 0.273 e. The Morgan fingerprint density at radius 1 is 1.21 bits per heavy atom. The third-order valence-electron chi connectivity index (χ3n) is 5.56. The Hall–Kier alpha value is -3.00. The van der Waals surface area contributed by atoms with E-state index in [2.05, 4.69) is 32.3 Å². The van der Waals surface area contributed by atoms with Gasteiger partial charge in [-0.2, -0.15) is 0 Å². The number of amides is 2. The zero-order chi connectivity index (χ0) is 20.2. The number of hydrogen-bond donors (Lipinski definition) is 2. The van der Waals surface area contributed by atoms with Crippen molar-refractivity contribution in [3.8, 4) is 0 Å². The van der Waals surface area contributed by atoms with Gasteiger partial charge in [-0.05, 0) is 29.9 Å². The van der Waals surface area contributed by atoms with Gasteiger partial charge in [-0.1, -0.05) is 24.3 Å². The van der Waals surface area contributed by atoms with E-state index in [0.717, 1.165) is 32.1 Å². The minimum Gasteiger partial charge on any atom is -0.355 e. The molecule has 8 nitrogen and oxygen atoms in total. The van der Waals surface area contributed by atoms with Gasteiger partial charge in [0.05, 0.1) is 12.7 Å². The lowest BCUT2D eigenvalue weighted by Gasteiger charge is -2.32. The number of H-pyrrole nitrogens is 1. The summed E-state index contributed by atoms with van der Waals surface area (Å²) in [5.74, 6) is 0.0471. The first kappa shape index (κ1) is 19.3. The highest BCUT2D eigenvalue weighted by molar-refractivity contribution is 5.92. The smallest absolute Gasteiger partial charge is 0.273 e. The van der Waals surface area contributed by atoms with Crippen LogP contribution in [0.4, 0.5) is 0 Å². The third-order valence-corrected chi connectivity index (χ3v) is 5.56. The summed E-state index contributed by atoms with van der Waals surface area (Å²) < 4.78 is 0. The van der Waals surface area contributed by atoms with Crippen LogP contribution in [0, 0.1) is 5.92 Å². The number of aromatic amines is 1. The van der Waals surface area contributed by atoms with Crippen molar-refractivity contribution in [2.45, 2.75) is 25.9 Å². The van der Waals surface area contributed by atoms with Crippen molar-refractivity contribution >= 4 is 11.8 Å². The summed E-state index contributed by atoms with van der Waals surface area (Å²) in [6.45, 7) is 3.79. The quantitative estimate of drug-likeness (QED) is 0.779. The second-order valence-corrected chi connectivity index (χ2v) is 7.77. The lowest BCUT2D eigenvalue weighted by Crippen LogP contribution is -2.45. The molecule has 2 N–H and O–H groups in total. The SMILES string of the molecule is O=C(CN1Cc2ccccc2C1)NCC1CCCN(C(=O)c2c[nH]c(=O)cn2)C1. The number of hydrogen-bond acceptors (Lipinski definition) is 5. The van der Waals surface area contributed by atoms with Crippen molar-refractivity contribution in [2.24, 2.45) is 5.92 Å². The van der Waals surface area contributed by atoms with Gasteiger partial charge >= 0.3 is 0 Å². The first-order valence-electron chi connectivity index (χ1n) is 9.98. The molecule has 0 aliphatic carbocycles. The summed E-state index contributed by atoms with van der Waals surface area (Å²) in [4.78, 5) is 46.4. The van der Waals surface area contributed by atoms with E-state index in [-0.39, 0.29) is 29.0 Å². The van der Waals surface area contributed by atoms with Gasteiger partial charge in [-0.25, -0.2) is 4.98 Å². The summed E-state index contributed by atoms with van der Waals surface area (Å²) in [6, 6.07) is 8.28. The first-order valence-corrected chi connectivity index (χ1v) is 9.98. The maximum absolute atomic E-state index is 12.6. The van der Waals surface area contributed by atoms with Crippen LogP contribution in [0.5, 0.6) is 0 Å². The van der Waals surface area contributed by atoms with Crippen LogP contribution in [0.15, 0.2) is 41.5 Å². The number of nitrogens with one attached hydrogen (secondary N) is 2. The van der Waals surface area contributed by atoms with Crippen LogP contribution >= 0.6 is 0 Å². The van der Waals surface area contributed by atoms with Gasteiger partial charge < -0.3 is 15.2 Å². The molecule has 29 heavy (non-hydrogen) atoms. The molecule has 152 valence electrons. The van der Waals surface area contributed by atoms with Crippen molar-refractivity contribution in [1.82, 2.24) is 25.1 Å². The fourth-order valence-electron chi connectivity index (χ4n) is 4.07. The van der Waals surface area contributed by atoms with Gasteiger partial charge in [0.2, 0.25) is 5.91 Å². The van der Waals surface area contributed by atoms with E-state index in [9.17, 15) is 14.4 Å². The van der Waals surface area contributed by atoms with E-state index in [1.165, 1.54) is 17.3 Å². The summed E-state index contributed by atoms with van der Waals surface area (Å²) >= 11 is 0. The minimum atomic E-state index is -0.332. The van der Waals surface area contributed by atoms with Crippen LogP contribution < -0.4 is 10.9 Å². The molecule has 1 aromatic heterocycles. The van der Waals surface area contributed by atoms with Crippen LogP contribution in [-0.2, 0) is 17.9 Å². The molecule has 0 saturated carbocycles. The van der Waals surface area contributed by atoms with Gasteiger partial charge in [-0.15, -0.1) is 0 Å². The standard InChI is InChI=1S/C21H25N5O3/c27-19-10-22-18(9-24-19)21(29)26-7-3-4-15(11-26)8-23-20(28)14-25-12-16-5-1-2-6-17(16)13-25/h1-2,5-6,9-10,15H,3-4,7-8,11-14H2,(H,23,28)(H,24,27). The van der Waals surface area contributed by atoms with Crippen molar-refractivity contribution in [1.29, 1.82) is 0 Å². The van der Waals surface area contributed by atoms with E-state index in [1.54, 1.807) is 4.90 Å². The molecule has 0 radical (unpaired) electrons. The molecule has 3 heterocycles. The molecule has 8 heteroatoms. The Morgan fingerprint density at radius 3 is 2.66 bits per heavy atom. The fourth-order valence-corrected chi connectivity index (χ4v) is 4.07. The molecule has 2 aliphatic heterocycles. The highest BCUT2D eigenvalue weighted by Crippen LogP contribution is 2.21. The predicted molar refractivity (Wildman–Crippen MR) is 107 cm³/mol. The number of fused-ring (bicyclic) bond motifs is 1. The second-order valence-electron chi connectivity index (χ2n) is 7.77. The highest BCUT2D eigenvalue weighted by atomic mass is 16.2. The molecule has 1 unspecified atom stereocenters. The molecule has 2 aliphatic rings. The second kappa shape index (κ2) is 8.57. The Balaban J connectivity index is 1.24. The van der Waals surface area contributed by atoms with Gasteiger partial charge in [0.25, 0.3) is 11.5 Å². The lowest BCUT2D eigenvalue weighted by atomic mass is 9.97. The Bertz CT molecular complexity index is 912. The largest absolute Gasteiger partial charge is 0.355 e. The number of carbonyl (C=O) groups is 2. The Kier molecular flexibility index (Phi) is 5.71. The van der Waals surface area contributed by atoms with Crippen LogP contribution in [0.25, 0.3) is 0 Å². The zero-order valence-electron chi connectivity index (χ0n) is 16.3. The number of likely N-dealkylation sites (tertiary alicyclic amines) is 1. The van der Waals surface area contributed by atoms with Crippen molar-refractivity contribution in [3.63, 3.8) is 0 Å². The number of nitrogens with zero attached hydrogens (tertiary/aromatic N) is 3. The molecule has 2 aromatic rings. The number of piperidine rings is 1. The zero-order valence-corrected chi connectivity index (χ0v) is 16.3. The van der Waals surface area contributed by atoms with Crippen molar-refractivity contribution in [3.05, 3.63) is 63.8 Å². The van der Waals surface area contributed by atoms with Gasteiger partial charge in [-0.3, -0.25) is 19.3 Å². The average molecular weight is 395 g/mol. The van der Waals surface area contributed by atoms with E-state index < -0.39 is 0 Å². The van der Waals surface area contributed by atoms with Gasteiger partial charge in [0.1, 0.15) is 5.69 Å². The normalized spacial score (nSPS) is 19.0. The van der Waals surface area contributed by atoms with E-state index >= 15 is 0 Å². The molecule has 2 amide bonds. The molecule has 1 saturated heterocycles. The molecule has 0 bridgehead atoms. The third kappa shape index (κ3) is 4.71. The Morgan fingerprint density at radius 2 is 1.97 bits per heavy atom. The monoisotopic (exact) mass is 395 g/mol. The van der Waals surface area contributed by atoms with Crippen LogP contribution in [-0.4, -0.2) is 57.8 Å². The Labute approximate surface area is 168 Å². The minimum absolute atomic E-state index is 0.0172. The predicted octanol–water partition coefficient (Wildman–Crippen LogP) is 0.754. The summed E-state index contributed by atoms with van der Waals surface area (Å²) in [7, 11) is 0. The number of rotatable bonds is 5. The van der Waals surface area contributed by atoms with Crippen LogP contribution in [0.3, 0.4) is 0 Å². The molecular formula is C21H25N5O3. The van der Waals surface area contributed by atoms with Gasteiger partial charge in [0.15, 0.2) is 0 Å². The number of carbonyl (C=O) groups excluding carboxylic acids is 2. The molecule has 1 fully saturated rings.